The summed E-state index contributed by atoms with van der Waals surface area (Å²) in [6.45, 7) is 4.26. The fraction of sp³-hybridized carbons (Fsp3) is 0.211. The summed E-state index contributed by atoms with van der Waals surface area (Å²) < 4.78 is 0. The van der Waals surface area contributed by atoms with Crippen LogP contribution in [0.5, 0.6) is 0 Å². The van der Waals surface area contributed by atoms with Crippen molar-refractivity contribution in [2.75, 3.05) is 5.73 Å². The summed E-state index contributed by atoms with van der Waals surface area (Å²) in [5.41, 5.74) is 8.82. The van der Waals surface area contributed by atoms with Gasteiger partial charge in [-0.3, -0.25) is 10.1 Å². The Labute approximate surface area is 151 Å². The lowest BCUT2D eigenvalue weighted by molar-refractivity contribution is 0.0697. The topological polar surface area (TPSA) is 122 Å². The fourth-order valence-corrected chi connectivity index (χ4v) is 2.62. The van der Waals surface area contributed by atoms with Gasteiger partial charge in [0.2, 0.25) is 0 Å². The maximum Gasteiger partial charge on any atom is 0.335 e. The van der Waals surface area contributed by atoms with Crippen LogP contribution >= 0.6 is 0 Å². The fourth-order valence-electron chi connectivity index (χ4n) is 2.62. The molecule has 7 heteroatoms. The van der Waals surface area contributed by atoms with Crippen molar-refractivity contribution in [3.05, 3.63) is 64.2 Å². The highest BCUT2D eigenvalue weighted by Gasteiger charge is 2.16. The molecule has 0 atom stereocenters. The summed E-state index contributed by atoms with van der Waals surface area (Å²) in [4.78, 5) is 35.3. The Morgan fingerprint density at radius 3 is 2.54 bits per heavy atom. The highest BCUT2D eigenvalue weighted by atomic mass is 16.4. The number of anilines is 1. The number of carboxylic acids is 1. The average Bonchev–Trinajstić information content (AvgIpc) is 2.60. The van der Waals surface area contributed by atoms with E-state index in [-0.39, 0.29) is 23.4 Å². The van der Waals surface area contributed by atoms with Gasteiger partial charge < -0.3 is 16.2 Å². The molecule has 0 radical (unpaired) electrons. The van der Waals surface area contributed by atoms with E-state index in [2.05, 4.69) is 10.6 Å². The highest BCUT2D eigenvalue weighted by Crippen LogP contribution is 2.15. The van der Waals surface area contributed by atoms with Gasteiger partial charge in [-0.2, -0.15) is 0 Å². The van der Waals surface area contributed by atoms with Gasteiger partial charge in [-0.05, 0) is 48.2 Å². The number of nitrogens with one attached hydrogen (secondary N) is 2. The van der Waals surface area contributed by atoms with Crippen LogP contribution in [0.4, 0.5) is 10.5 Å². The number of urea groups is 1. The number of carbonyl (C=O) groups excluding carboxylic acids is 2. The van der Waals surface area contributed by atoms with Crippen molar-refractivity contribution >= 4 is 23.6 Å². The summed E-state index contributed by atoms with van der Waals surface area (Å²) in [7, 11) is 0. The van der Waals surface area contributed by atoms with Crippen molar-refractivity contribution in [3.63, 3.8) is 0 Å². The summed E-state index contributed by atoms with van der Waals surface area (Å²) in [5, 5.41) is 13.8. The minimum absolute atomic E-state index is 0.0646. The zero-order chi connectivity index (χ0) is 19.3. The van der Waals surface area contributed by atoms with Crippen LogP contribution < -0.4 is 16.4 Å². The second-order valence-corrected chi connectivity index (χ2v) is 5.81. The Kier molecular flexibility index (Phi) is 5.95. The molecule has 0 heterocycles. The Balaban J connectivity index is 2.06. The van der Waals surface area contributed by atoms with Gasteiger partial charge in [0, 0.05) is 12.2 Å². The van der Waals surface area contributed by atoms with Crippen molar-refractivity contribution in [2.45, 2.75) is 26.8 Å². The molecule has 2 rings (SSSR count). The first-order chi connectivity index (χ1) is 12.3. The molecule has 2 aromatic rings. The van der Waals surface area contributed by atoms with E-state index in [4.69, 9.17) is 10.8 Å². The number of aromatic carboxylic acids is 1. The maximum atomic E-state index is 12.2. The van der Waals surface area contributed by atoms with Gasteiger partial charge in [-0.15, -0.1) is 0 Å². The molecule has 3 amide bonds. The summed E-state index contributed by atoms with van der Waals surface area (Å²) in [6.07, 6.45) is 0.831. The van der Waals surface area contributed by atoms with Crippen molar-refractivity contribution in [1.82, 2.24) is 10.6 Å². The highest BCUT2D eigenvalue weighted by molar-refractivity contribution is 6.08. The van der Waals surface area contributed by atoms with Gasteiger partial charge >= 0.3 is 12.0 Å². The lowest BCUT2D eigenvalue weighted by Gasteiger charge is -2.13. The number of hydrogen-bond acceptors (Lipinski definition) is 4. The van der Waals surface area contributed by atoms with E-state index in [1.807, 2.05) is 32.0 Å². The van der Waals surface area contributed by atoms with Crippen LogP contribution in [-0.4, -0.2) is 23.0 Å². The smallest absolute Gasteiger partial charge is 0.335 e. The Hall–Kier alpha value is -3.35. The molecule has 0 aromatic heterocycles. The second kappa shape index (κ2) is 8.15. The number of nitrogen functional groups attached to an aromatic ring is 1. The van der Waals surface area contributed by atoms with Crippen LogP contribution in [0.1, 0.15) is 44.3 Å². The lowest BCUT2D eigenvalue weighted by Crippen LogP contribution is -2.39. The third-order valence-corrected chi connectivity index (χ3v) is 4.09. The molecule has 0 aliphatic heterocycles. The number of benzene rings is 2. The number of carbonyl (C=O) groups is 3. The molecule has 0 bridgehead atoms. The number of carboxylic acid groups (broad SMARTS) is 1. The third kappa shape index (κ3) is 4.38. The summed E-state index contributed by atoms with van der Waals surface area (Å²) in [5.74, 6) is -1.95. The molecule has 0 unspecified atom stereocenters. The predicted octanol–water partition coefficient (Wildman–Crippen LogP) is 2.48. The van der Waals surface area contributed by atoms with Gasteiger partial charge in [0.25, 0.3) is 5.91 Å². The van der Waals surface area contributed by atoms with E-state index >= 15 is 0 Å². The molecule has 0 spiro atoms. The molecule has 5 N–H and O–H groups in total. The number of hydrogen-bond donors (Lipinski definition) is 4. The minimum Gasteiger partial charge on any atom is -0.478 e. The standard InChI is InChI=1S/C19H21N3O4/c1-3-12-6-4-5-11(2)15(12)10-21-19(26)22-17(23)14-9-13(18(24)25)7-8-16(14)20/h4-9H,3,10,20H2,1-2H3,(H,24,25)(H2,21,22,23,26). The predicted molar refractivity (Wildman–Crippen MR) is 98.1 cm³/mol. The molecule has 7 nitrogen and oxygen atoms in total. The van der Waals surface area contributed by atoms with Crippen molar-refractivity contribution in [1.29, 1.82) is 0 Å². The zero-order valence-corrected chi connectivity index (χ0v) is 14.6. The molecule has 26 heavy (non-hydrogen) atoms. The Bertz CT molecular complexity index is 862. The van der Waals surface area contributed by atoms with Crippen LogP contribution in [0.2, 0.25) is 0 Å². The van der Waals surface area contributed by atoms with Crippen molar-refractivity contribution in [3.8, 4) is 0 Å². The largest absolute Gasteiger partial charge is 0.478 e. The zero-order valence-electron chi connectivity index (χ0n) is 14.6. The maximum absolute atomic E-state index is 12.2. The number of nitrogens with two attached hydrogens (primary N) is 1. The van der Waals surface area contributed by atoms with E-state index in [0.29, 0.717) is 0 Å². The SMILES string of the molecule is CCc1cccc(C)c1CNC(=O)NC(=O)c1cc(C(=O)O)ccc1N. The van der Waals surface area contributed by atoms with E-state index < -0.39 is 17.9 Å². The molecule has 0 aliphatic carbocycles. The number of imide groups is 1. The first kappa shape index (κ1) is 19.0. The number of aryl methyl sites for hydroxylation is 2. The molecular formula is C19H21N3O4. The van der Waals surface area contributed by atoms with Crippen LogP contribution in [0.25, 0.3) is 0 Å². The van der Waals surface area contributed by atoms with Gasteiger partial charge in [0.15, 0.2) is 0 Å². The lowest BCUT2D eigenvalue weighted by atomic mass is 10.0. The summed E-state index contributed by atoms with van der Waals surface area (Å²) in [6, 6.07) is 8.97. The number of amides is 3. The van der Waals surface area contributed by atoms with Crippen LogP contribution in [0, 0.1) is 6.92 Å². The van der Waals surface area contributed by atoms with Crippen LogP contribution in [0.3, 0.4) is 0 Å². The Morgan fingerprint density at radius 1 is 1.15 bits per heavy atom. The summed E-state index contributed by atoms with van der Waals surface area (Å²) >= 11 is 0. The normalized spacial score (nSPS) is 10.2. The monoisotopic (exact) mass is 355 g/mol. The first-order valence-electron chi connectivity index (χ1n) is 8.12. The molecule has 0 saturated heterocycles. The van der Waals surface area contributed by atoms with Crippen molar-refractivity contribution in [2.24, 2.45) is 0 Å². The third-order valence-electron chi connectivity index (χ3n) is 4.09. The van der Waals surface area contributed by atoms with Crippen molar-refractivity contribution < 1.29 is 19.5 Å². The first-order valence-corrected chi connectivity index (χ1v) is 8.12. The quantitative estimate of drug-likeness (QED) is 0.614. The van der Waals surface area contributed by atoms with E-state index in [9.17, 15) is 14.4 Å². The number of rotatable bonds is 5. The van der Waals surface area contributed by atoms with Gasteiger partial charge in [0.05, 0.1) is 11.1 Å². The molecule has 0 saturated carbocycles. The minimum atomic E-state index is -1.19. The molecule has 0 aliphatic rings. The molecule has 0 fully saturated rings. The van der Waals surface area contributed by atoms with E-state index in [1.165, 1.54) is 12.1 Å². The van der Waals surface area contributed by atoms with Crippen LogP contribution in [0.15, 0.2) is 36.4 Å². The molecule has 136 valence electrons. The van der Waals surface area contributed by atoms with E-state index in [1.54, 1.807) is 0 Å². The molecular weight excluding hydrogens is 334 g/mol. The average molecular weight is 355 g/mol. The second-order valence-electron chi connectivity index (χ2n) is 5.81. The van der Waals surface area contributed by atoms with Gasteiger partial charge in [0.1, 0.15) is 0 Å². The Morgan fingerprint density at radius 2 is 1.88 bits per heavy atom. The van der Waals surface area contributed by atoms with Gasteiger partial charge in [-0.1, -0.05) is 25.1 Å². The van der Waals surface area contributed by atoms with Crippen LogP contribution in [-0.2, 0) is 13.0 Å². The van der Waals surface area contributed by atoms with E-state index in [0.717, 1.165) is 29.2 Å². The molecule has 2 aromatic carbocycles. The van der Waals surface area contributed by atoms with Gasteiger partial charge in [-0.25, -0.2) is 9.59 Å².